The second kappa shape index (κ2) is 8.85. The largest absolute Gasteiger partial charge is 0.507 e. The molecule has 1 aliphatic heterocycles. The molecule has 158 valence electrons. The van der Waals surface area contributed by atoms with E-state index in [-0.39, 0.29) is 16.9 Å². The smallest absolute Gasteiger partial charge is 0.295 e. The molecule has 0 unspecified atom stereocenters. The molecule has 1 fully saturated rings. The summed E-state index contributed by atoms with van der Waals surface area (Å²) in [7, 11) is 0. The van der Waals surface area contributed by atoms with Crippen LogP contribution in [0.15, 0.2) is 77.3 Å². The molecule has 2 aromatic carbocycles. The number of ketones is 1. The Balaban J connectivity index is 1.73. The molecule has 3 aromatic rings. The Labute approximate surface area is 186 Å². The van der Waals surface area contributed by atoms with Crippen LogP contribution in [-0.4, -0.2) is 37.8 Å². The third-order valence-electron chi connectivity index (χ3n) is 5.20. The molecule has 1 amide bonds. The van der Waals surface area contributed by atoms with Crippen LogP contribution in [0.1, 0.15) is 23.6 Å². The SMILES string of the molecule is O=C1C(=O)N(CCCn2ccnc2)[C@H](c2cccc(Br)c2)/C1=C(\O)c1ccc(F)cc1. The van der Waals surface area contributed by atoms with Crippen LogP contribution in [0.4, 0.5) is 4.39 Å². The summed E-state index contributed by atoms with van der Waals surface area (Å²) >= 11 is 3.43. The molecule has 31 heavy (non-hydrogen) atoms. The van der Waals surface area contributed by atoms with Gasteiger partial charge in [0, 0.05) is 35.5 Å². The Morgan fingerprint density at radius 3 is 2.58 bits per heavy atom. The molecule has 1 N–H and O–H groups in total. The van der Waals surface area contributed by atoms with Crippen LogP contribution < -0.4 is 0 Å². The summed E-state index contributed by atoms with van der Waals surface area (Å²) in [6, 6.07) is 11.7. The molecular weight excluding hydrogens is 465 g/mol. The van der Waals surface area contributed by atoms with E-state index < -0.39 is 23.5 Å². The first kappa shape index (κ1) is 21.0. The summed E-state index contributed by atoms with van der Waals surface area (Å²) in [5.74, 6) is -2.20. The lowest BCUT2D eigenvalue weighted by molar-refractivity contribution is -0.139. The van der Waals surface area contributed by atoms with Crippen molar-refractivity contribution in [3.05, 3.63) is 94.2 Å². The quantitative estimate of drug-likeness (QED) is 0.322. The second-order valence-corrected chi connectivity index (χ2v) is 8.12. The number of rotatable bonds is 6. The topological polar surface area (TPSA) is 75.4 Å². The molecule has 6 nitrogen and oxygen atoms in total. The van der Waals surface area contributed by atoms with E-state index in [9.17, 15) is 19.1 Å². The van der Waals surface area contributed by atoms with Crippen molar-refractivity contribution in [1.82, 2.24) is 14.5 Å². The zero-order valence-electron chi connectivity index (χ0n) is 16.4. The number of aliphatic hydroxyl groups is 1. The average Bonchev–Trinajstić information content (AvgIpc) is 3.36. The molecule has 4 rings (SSSR count). The minimum Gasteiger partial charge on any atom is -0.507 e. The predicted molar refractivity (Wildman–Crippen MR) is 116 cm³/mol. The number of halogens is 2. The molecule has 0 radical (unpaired) electrons. The zero-order chi connectivity index (χ0) is 22.0. The number of likely N-dealkylation sites (tertiary alicyclic amines) is 1. The monoisotopic (exact) mass is 483 g/mol. The van der Waals surface area contributed by atoms with Gasteiger partial charge in [0.25, 0.3) is 11.7 Å². The predicted octanol–water partition coefficient (Wildman–Crippen LogP) is 4.30. The van der Waals surface area contributed by atoms with Crippen LogP contribution in [0.25, 0.3) is 5.76 Å². The first-order chi connectivity index (χ1) is 15.0. The number of imidazole rings is 1. The highest BCUT2D eigenvalue weighted by molar-refractivity contribution is 9.10. The van der Waals surface area contributed by atoms with E-state index in [1.165, 1.54) is 29.2 Å². The number of amides is 1. The molecule has 0 bridgehead atoms. The minimum absolute atomic E-state index is 0.00246. The molecule has 1 saturated heterocycles. The maximum Gasteiger partial charge on any atom is 0.295 e. The molecule has 2 heterocycles. The van der Waals surface area contributed by atoms with Crippen LogP contribution in [-0.2, 0) is 16.1 Å². The van der Waals surface area contributed by atoms with Gasteiger partial charge in [-0.3, -0.25) is 9.59 Å². The van der Waals surface area contributed by atoms with E-state index in [2.05, 4.69) is 20.9 Å². The maximum absolute atomic E-state index is 13.3. The van der Waals surface area contributed by atoms with Gasteiger partial charge < -0.3 is 14.6 Å². The van der Waals surface area contributed by atoms with Crippen molar-refractivity contribution in [3.8, 4) is 0 Å². The van der Waals surface area contributed by atoms with Gasteiger partial charge in [0.05, 0.1) is 17.9 Å². The molecule has 8 heteroatoms. The fourth-order valence-electron chi connectivity index (χ4n) is 3.74. The van der Waals surface area contributed by atoms with E-state index in [4.69, 9.17) is 0 Å². The first-order valence-electron chi connectivity index (χ1n) is 9.71. The summed E-state index contributed by atoms with van der Waals surface area (Å²) in [4.78, 5) is 31.3. The molecule has 1 aliphatic rings. The fourth-order valence-corrected chi connectivity index (χ4v) is 4.16. The van der Waals surface area contributed by atoms with Crippen LogP contribution in [0, 0.1) is 5.82 Å². The number of hydrogen-bond acceptors (Lipinski definition) is 4. The number of aliphatic hydroxyl groups excluding tert-OH is 1. The van der Waals surface area contributed by atoms with Crippen LogP contribution >= 0.6 is 15.9 Å². The minimum atomic E-state index is -0.755. The molecule has 0 spiro atoms. The fraction of sp³-hybridized carbons (Fsp3) is 0.174. The van der Waals surface area contributed by atoms with E-state index in [0.29, 0.717) is 25.1 Å². The van der Waals surface area contributed by atoms with Gasteiger partial charge in [0.1, 0.15) is 11.6 Å². The highest BCUT2D eigenvalue weighted by atomic mass is 79.9. The van der Waals surface area contributed by atoms with E-state index >= 15 is 0 Å². The first-order valence-corrected chi connectivity index (χ1v) is 10.5. The summed E-state index contributed by atoms with van der Waals surface area (Å²) in [5, 5.41) is 10.9. The lowest BCUT2D eigenvalue weighted by Gasteiger charge is -2.25. The lowest BCUT2D eigenvalue weighted by Crippen LogP contribution is -2.31. The van der Waals surface area contributed by atoms with Gasteiger partial charge in [0.2, 0.25) is 0 Å². The summed E-state index contributed by atoms with van der Waals surface area (Å²) < 4.78 is 16.0. The van der Waals surface area contributed by atoms with Crippen molar-refractivity contribution in [2.24, 2.45) is 0 Å². The number of carbonyl (C=O) groups excluding carboxylic acids is 2. The lowest BCUT2D eigenvalue weighted by atomic mass is 9.95. The molecule has 0 saturated carbocycles. The number of Topliss-reactive ketones (excluding diaryl/α,β-unsaturated/α-hetero) is 1. The Morgan fingerprint density at radius 2 is 1.90 bits per heavy atom. The van der Waals surface area contributed by atoms with Crippen molar-refractivity contribution in [1.29, 1.82) is 0 Å². The van der Waals surface area contributed by atoms with Crippen molar-refractivity contribution in [3.63, 3.8) is 0 Å². The van der Waals surface area contributed by atoms with Crippen LogP contribution in [0.2, 0.25) is 0 Å². The third-order valence-corrected chi connectivity index (χ3v) is 5.69. The number of aromatic nitrogens is 2. The molecule has 1 atom stereocenters. The van der Waals surface area contributed by atoms with Gasteiger partial charge in [-0.25, -0.2) is 9.37 Å². The van der Waals surface area contributed by atoms with Gasteiger partial charge in [0.15, 0.2) is 0 Å². The number of carbonyl (C=O) groups is 2. The van der Waals surface area contributed by atoms with E-state index in [0.717, 1.165) is 4.47 Å². The van der Waals surface area contributed by atoms with Gasteiger partial charge in [-0.2, -0.15) is 0 Å². The van der Waals surface area contributed by atoms with E-state index in [1.54, 1.807) is 12.5 Å². The third kappa shape index (κ3) is 4.29. The van der Waals surface area contributed by atoms with Crippen molar-refractivity contribution < 1.29 is 19.1 Å². The summed E-state index contributed by atoms with van der Waals surface area (Å²) in [6.45, 7) is 0.951. The van der Waals surface area contributed by atoms with Crippen LogP contribution in [0.5, 0.6) is 0 Å². The maximum atomic E-state index is 13.3. The number of nitrogens with zero attached hydrogens (tertiary/aromatic N) is 3. The normalized spacial score (nSPS) is 18.0. The number of benzene rings is 2. The molecule has 0 aliphatic carbocycles. The Kier molecular flexibility index (Phi) is 5.99. The average molecular weight is 484 g/mol. The Bertz CT molecular complexity index is 1140. The van der Waals surface area contributed by atoms with Crippen LogP contribution in [0.3, 0.4) is 0 Å². The van der Waals surface area contributed by atoms with Crippen molar-refractivity contribution >= 4 is 33.4 Å². The van der Waals surface area contributed by atoms with Gasteiger partial charge in [-0.15, -0.1) is 0 Å². The standard InChI is InChI=1S/C23H19BrFN3O3/c24-17-4-1-3-16(13-17)20-19(21(29)15-5-7-18(25)8-6-15)22(30)23(31)28(20)11-2-10-27-12-9-26-14-27/h1,3-9,12-14,20,29H,2,10-11H2/b21-19+/t20-/m1/s1. The van der Waals surface area contributed by atoms with Gasteiger partial charge in [-0.1, -0.05) is 28.1 Å². The number of hydrogen-bond donors (Lipinski definition) is 1. The molecule has 1 aromatic heterocycles. The van der Waals surface area contributed by atoms with Gasteiger partial charge in [-0.05, 0) is 48.4 Å². The van der Waals surface area contributed by atoms with E-state index in [1.807, 2.05) is 35.0 Å². The number of aryl methyl sites for hydroxylation is 1. The Hall–Kier alpha value is -3.26. The van der Waals surface area contributed by atoms with Crippen molar-refractivity contribution in [2.45, 2.75) is 19.0 Å². The summed E-state index contributed by atoms with van der Waals surface area (Å²) in [5.41, 5.74) is 0.968. The Morgan fingerprint density at radius 1 is 1.13 bits per heavy atom. The highest BCUT2D eigenvalue weighted by Gasteiger charge is 2.45. The highest BCUT2D eigenvalue weighted by Crippen LogP contribution is 2.40. The summed E-state index contributed by atoms with van der Waals surface area (Å²) in [6.07, 6.45) is 5.80. The zero-order valence-corrected chi connectivity index (χ0v) is 18.0. The second-order valence-electron chi connectivity index (χ2n) is 7.21. The van der Waals surface area contributed by atoms with Gasteiger partial charge >= 0.3 is 0 Å². The molecular formula is C23H19BrFN3O3. The van der Waals surface area contributed by atoms with Crippen molar-refractivity contribution in [2.75, 3.05) is 6.54 Å².